The van der Waals surface area contributed by atoms with Crippen molar-refractivity contribution in [3.63, 3.8) is 0 Å². The SMILES string of the molecule is N#Cc1cc2c(-c3cccnc3)cccc2n1-c1ccc(NC(=O)c2cccnc2)cc1. The normalized spacial score (nSPS) is 10.6. The highest BCUT2D eigenvalue weighted by molar-refractivity contribution is 6.04. The van der Waals surface area contributed by atoms with Crippen LogP contribution in [0, 0.1) is 11.3 Å². The average Bonchev–Trinajstić information content (AvgIpc) is 3.24. The van der Waals surface area contributed by atoms with Gasteiger partial charge >= 0.3 is 0 Å². The monoisotopic (exact) mass is 415 g/mol. The first-order valence-corrected chi connectivity index (χ1v) is 10.0. The van der Waals surface area contributed by atoms with Gasteiger partial charge in [-0.05, 0) is 60.2 Å². The van der Waals surface area contributed by atoms with Crippen molar-refractivity contribution in [3.05, 3.63) is 109 Å². The van der Waals surface area contributed by atoms with E-state index in [2.05, 4.69) is 21.4 Å². The molecule has 0 atom stereocenters. The van der Waals surface area contributed by atoms with Crippen LogP contribution in [-0.4, -0.2) is 20.4 Å². The fourth-order valence-corrected chi connectivity index (χ4v) is 3.76. The Morgan fingerprint density at radius 3 is 2.38 bits per heavy atom. The van der Waals surface area contributed by atoms with Gasteiger partial charge in [0, 0.05) is 47.1 Å². The number of nitriles is 1. The third-order valence-corrected chi connectivity index (χ3v) is 5.24. The van der Waals surface area contributed by atoms with Gasteiger partial charge in [0.1, 0.15) is 11.8 Å². The van der Waals surface area contributed by atoms with E-state index in [0.717, 1.165) is 27.7 Å². The predicted molar refractivity (Wildman–Crippen MR) is 123 cm³/mol. The summed E-state index contributed by atoms with van der Waals surface area (Å²) < 4.78 is 1.92. The summed E-state index contributed by atoms with van der Waals surface area (Å²) >= 11 is 0. The van der Waals surface area contributed by atoms with Crippen molar-refractivity contribution in [3.8, 4) is 22.9 Å². The third-order valence-electron chi connectivity index (χ3n) is 5.24. The highest BCUT2D eigenvalue weighted by atomic mass is 16.1. The molecule has 0 bridgehead atoms. The zero-order valence-corrected chi connectivity index (χ0v) is 16.9. The van der Waals surface area contributed by atoms with Gasteiger partial charge in [-0.3, -0.25) is 14.8 Å². The number of pyridine rings is 2. The summed E-state index contributed by atoms with van der Waals surface area (Å²) in [6, 6.07) is 24.9. The summed E-state index contributed by atoms with van der Waals surface area (Å²) in [5.74, 6) is -0.226. The molecule has 3 aromatic heterocycles. The lowest BCUT2D eigenvalue weighted by molar-refractivity contribution is 0.102. The van der Waals surface area contributed by atoms with E-state index >= 15 is 0 Å². The minimum absolute atomic E-state index is 0.226. The molecule has 0 saturated heterocycles. The van der Waals surface area contributed by atoms with Crippen LogP contribution >= 0.6 is 0 Å². The molecule has 0 fully saturated rings. The van der Waals surface area contributed by atoms with E-state index in [9.17, 15) is 10.1 Å². The summed E-state index contributed by atoms with van der Waals surface area (Å²) in [6.45, 7) is 0. The van der Waals surface area contributed by atoms with Crippen LogP contribution < -0.4 is 5.32 Å². The van der Waals surface area contributed by atoms with Gasteiger partial charge in [-0.2, -0.15) is 5.26 Å². The number of hydrogen-bond donors (Lipinski definition) is 1. The van der Waals surface area contributed by atoms with Crippen LogP contribution in [0.25, 0.3) is 27.7 Å². The second-order valence-corrected chi connectivity index (χ2v) is 7.20. The molecule has 32 heavy (non-hydrogen) atoms. The van der Waals surface area contributed by atoms with Gasteiger partial charge in [0.25, 0.3) is 5.91 Å². The van der Waals surface area contributed by atoms with Crippen molar-refractivity contribution in [2.24, 2.45) is 0 Å². The largest absolute Gasteiger partial charge is 0.322 e. The van der Waals surface area contributed by atoms with Crippen molar-refractivity contribution in [2.45, 2.75) is 0 Å². The molecule has 0 aliphatic carbocycles. The van der Waals surface area contributed by atoms with E-state index in [4.69, 9.17) is 0 Å². The van der Waals surface area contributed by atoms with Crippen LogP contribution in [0.3, 0.4) is 0 Å². The fraction of sp³-hybridized carbons (Fsp3) is 0. The minimum atomic E-state index is -0.226. The van der Waals surface area contributed by atoms with Crippen LogP contribution in [0.2, 0.25) is 0 Å². The molecule has 3 heterocycles. The molecule has 0 aliphatic rings. The summed E-state index contributed by atoms with van der Waals surface area (Å²) in [6.07, 6.45) is 6.70. The number of nitrogens with zero attached hydrogens (tertiary/aromatic N) is 4. The molecule has 0 radical (unpaired) electrons. The summed E-state index contributed by atoms with van der Waals surface area (Å²) in [5, 5.41) is 13.6. The van der Waals surface area contributed by atoms with Crippen molar-refractivity contribution < 1.29 is 4.79 Å². The smallest absolute Gasteiger partial charge is 0.257 e. The zero-order valence-electron chi connectivity index (χ0n) is 16.9. The molecule has 0 unspecified atom stereocenters. The number of nitrogens with one attached hydrogen (secondary N) is 1. The van der Waals surface area contributed by atoms with Crippen LogP contribution in [0.5, 0.6) is 0 Å². The van der Waals surface area contributed by atoms with Gasteiger partial charge < -0.3 is 9.88 Å². The predicted octanol–water partition coefficient (Wildman–Crippen LogP) is 5.21. The van der Waals surface area contributed by atoms with Crippen molar-refractivity contribution in [1.29, 1.82) is 5.26 Å². The molecule has 0 aliphatic heterocycles. The van der Waals surface area contributed by atoms with Gasteiger partial charge in [0.05, 0.1) is 11.1 Å². The van der Waals surface area contributed by atoms with Crippen molar-refractivity contribution >= 4 is 22.5 Å². The van der Waals surface area contributed by atoms with Crippen LogP contribution in [0.1, 0.15) is 16.1 Å². The summed E-state index contributed by atoms with van der Waals surface area (Å²) in [5.41, 5.74) is 5.45. The van der Waals surface area contributed by atoms with Crippen LogP contribution in [0.15, 0.2) is 97.6 Å². The Kier molecular flexibility index (Phi) is 4.91. The molecule has 1 amide bonds. The number of rotatable bonds is 4. The molecule has 0 saturated carbocycles. The number of fused-ring (bicyclic) bond motifs is 1. The van der Waals surface area contributed by atoms with Crippen molar-refractivity contribution in [2.75, 3.05) is 5.32 Å². The van der Waals surface area contributed by atoms with Gasteiger partial charge in [-0.25, -0.2) is 0 Å². The quantitative estimate of drug-likeness (QED) is 0.437. The molecular formula is C26H17N5O. The van der Waals surface area contributed by atoms with Crippen molar-refractivity contribution in [1.82, 2.24) is 14.5 Å². The second-order valence-electron chi connectivity index (χ2n) is 7.20. The number of carbonyl (C=O) groups excluding carboxylic acids is 1. The Hall–Kier alpha value is -4.76. The lowest BCUT2D eigenvalue weighted by Crippen LogP contribution is -2.12. The molecule has 1 N–H and O–H groups in total. The van der Waals surface area contributed by atoms with E-state index in [-0.39, 0.29) is 5.91 Å². The van der Waals surface area contributed by atoms with Crippen LogP contribution in [0.4, 0.5) is 5.69 Å². The maximum Gasteiger partial charge on any atom is 0.257 e. The van der Waals surface area contributed by atoms with Gasteiger partial charge in [0.15, 0.2) is 0 Å². The topological polar surface area (TPSA) is 83.6 Å². The molecule has 5 aromatic rings. The van der Waals surface area contributed by atoms with E-state index in [0.29, 0.717) is 16.9 Å². The number of anilines is 1. The zero-order chi connectivity index (χ0) is 21.9. The number of carbonyl (C=O) groups is 1. The highest BCUT2D eigenvalue weighted by Gasteiger charge is 2.14. The number of hydrogen-bond acceptors (Lipinski definition) is 4. The average molecular weight is 415 g/mol. The Morgan fingerprint density at radius 1 is 0.906 bits per heavy atom. The molecule has 2 aromatic carbocycles. The van der Waals surface area contributed by atoms with E-state index < -0.39 is 0 Å². The molecular weight excluding hydrogens is 398 g/mol. The molecule has 6 heteroatoms. The lowest BCUT2D eigenvalue weighted by atomic mass is 10.0. The van der Waals surface area contributed by atoms with Gasteiger partial charge in [-0.1, -0.05) is 18.2 Å². The Balaban J connectivity index is 1.52. The fourth-order valence-electron chi connectivity index (χ4n) is 3.76. The number of aromatic nitrogens is 3. The Labute approximate surface area is 184 Å². The van der Waals surface area contributed by atoms with E-state index in [1.54, 1.807) is 24.5 Å². The molecule has 5 rings (SSSR count). The van der Waals surface area contributed by atoms with Gasteiger partial charge in [-0.15, -0.1) is 0 Å². The highest BCUT2D eigenvalue weighted by Crippen LogP contribution is 2.32. The number of amides is 1. The second kappa shape index (κ2) is 8.17. The Morgan fingerprint density at radius 2 is 1.69 bits per heavy atom. The van der Waals surface area contributed by atoms with E-state index in [1.165, 1.54) is 6.20 Å². The molecule has 6 nitrogen and oxygen atoms in total. The third kappa shape index (κ3) is 3.48. The van der Waals surface area contributed by atoms with E-state index in [1.807, 2.05) is 71.4 Å². The first-order valence-electron chi connectivity index (χ1n) is 10.0. The molecule has 0 spiro atoms. The lowest BCUT2D eigenvalue weighted by Gasteiger charge is -2.10. The first-order chi connectivity index (χ1) is 15.7. The maximum absolute atomic E-state index is 12.4. The van der Waals surface area contributed by atoms with Gasteiger partial charge in [0.2, 0.25) is 0 Å². The standard InChI is InChI=1S/C26H17N5O/c27-15-22-14-24-23(18-4-2-12-28-16-18)6-1-7-25(24)31(22)21-10-8-20(9-11-21)30-26(32)19-5-3-13-29-17-19/h1-14,16-17H,(H,30,32). The summed E-state index contributed by atoms with van der Waals surface area (Å²) in [4.78, 5) is 20.6. The first kappa shape index (κ1) is 19.2. The van der Waals surface area contributed by atoms with Crippen LogP contribution in [-0.2, 0) is 0 Å². The minimum Gasteiger partial charge on any atom is -0.322 e. The summed E-state index contributed by atoms with van der Waals surface area (Å²) in [7, 11) is 0. The maximum atomic E-state index is 12.4. The Bertz CT molecular complexity index is 1450. The number of benzene rings is 2. The molecule has 152 valence electrons.